The summed E-state index contributed by atoms with van der Waals surface area (Å²) in [5.74, 6) is -0.247. The number of nitrogen functional groups attached to an aromatic ring is 1. The van der Waals surface area contributed by atoms with Crippen molar-refractivity contribution < 1.29 is 4.79 Å². The van der Waals surface area contributed by atoms with Crippen LogP contribution in [-0.4, -0.2) is 28.9 Å². The molecular formula is C13H15N5O. The topological polar surface area (TPSA) is 107 Å². The fourth-order valence-corrected chi connectivity index (χ4v) is 1.62. The second-order valence-electron chi connectivity index (χ2n) is 4.01. The summed E-state index contributed by atoms with van der Waals surface area (Å²) in [6.07, 6.45) is 1.94. The van der Waals surface area contributed by atoms with E-state index in [1.807, 2.05) is 12.1 Å². The summed E-state index contributed by atoms with van der Waals surface area (Å²) in [6.45, 7) is 2.32. The van der Waals surface area contributed by atoms with Gasteiger partial charge in [0.05, 0.1) is 48.1 Å². The molecule has 0 unspecified atom stereocenters. The lowest BCUT2D eigenvalue weighted by molar-refractivity contribution is 0.0761. The molecule has 0 aliphatic carbocycles. The van der Waals surface area contributed by atoms with E-state index in [1.165, 1.54) is 11.1 Å². The molecule has 0 bridgehead atoms. The van der Waals surface area contributed by atoms with E-state index >= 15 is 0 Å². The number of rotatable bonds is 5. The highest BCUT2D eigenvalue weighted by atomic mass is 16.2. The third-order valence-corrected chi connectivity index (χ3v) is 2.61. The summed E-state index contributed by atoms with van der Waals surface area (Å²) in [6, 6.07) is 5.55. The third-order valence-electron chi connectivity index (χ3n) is 2.61. The Morgan fingerprint density at radius 2 is 1.95 bits per heavy atom. The molecule has 19 heavy (non-hydrogen) atoms. The van der Waals surface area contributed by atoms with Crippen LogP contribution >= 0.6 is 0 Å². The molecule has 1 aromatic rings. The van der Waals surface area contributed by atoms with Crippen LogP contribution in [0.1, 0.15) is 28.9 Å². The minimum absolute atomic E-state index is 0.228. The molecule has 0 aromatic carbocycles. The zero-order valence-corrected chi connectivity index (χ0v) is 10.8. The number of anilines is 1. The number of nitrogens with two attached hydrogens (primary N) is 1. The van der Waals surface area contributed by atoms with Gasteiger partial charge < -0.3 is 10.6 Å². The monoisotopic (exact) mass is 257 g/mol. The quantitative estimate of drug-likeness (QED) is 0.853. The first-order chi connectivity index (χ1) is 9.10. The summed E-state index contributed by atoms with van der Waals surface area (Å²) >= 11 is 0. The van der Waals surface area contributed by atoms with Crippen LogP contribution in [0.4, 0.5) is 5.69 Å². The summed E-state index contributed by atoms with van der Waals surface area (Å²) < 4.78 is 0. The molecule has 0 fully saturated rings. The van der Waals surface area contributed by atoms with Crippen LogP contribution in [-0.2, 0) is 0 Å². The lowest BCUT2D eigenvalue weighted by atomic mass is 10.1. The van der Waals surface area contributed by atoms with Crippen molar-refractivity contribution in [1.82, 2.24) is 9.88 Å². The molecule has 0 radical (unpaired) electrons. The van der Waals surface area contributed by atoms with Gasteiger partial charge in [-0.05, 0) is 13.0 Å². The molecule has 6 nitrogen and oxygen atoms in total. The molecule has 1 aromatic heterocycles. The third kappa shape index (κ3) is 3.97. The largest absolute Gasteiger partial charge is 0.397 e. The molecule has 0 aliphatic heterocycles. The molecule has 0 saturated heterocycles. The Balaban J connectivity index is 2.94. The molecule has 1 amide bonds. The number of carbonyl (C=O) groups is 1. The van der Waals surface area contributed by atoms with Gasteiger partial charge in [0.15, 0.2) is 0 Å². The lowest BCUT2D eigenvalue weighted by Gasteiger charge is -2.21. The number of pyridine rings is 1. The van der Waals surface area contributed by atoms with Crippen LogP contribution in [0.3, 0.4) is 0 Å². The van der Waals surface area contributed by atoms with E-state index in [9.17, 15) is 4.79 Å². The maximum absolute atomic E-state index is 12.3. The number of carbonyl (C=O) groups excluding carboxylic acids is 1. The number of nitrogens with zero attached hydrogens (tertiary/aromatic N) is 4. The fourth-order valence-electron chi connectivity index (χ4n) is 1.62. The highest BCUT2D eigenvalue weighted by Gasteiger charge is 2.18. The van der Waals surface area contributed by atoms with Crippen molar-refractivity contribution in [3.8, 4) is 12.1 Å². The molecule has 0 spiro atoms. The second-order valence-corrected chi connectivity index (χ2v) is 4.01. The van der Waals surface area contributed by atoms with Crippen molar-refractivity contribution in [2.45, 2.75) is 19.8 Å². The van der Waals surface area contributed by atoms with E-state index in [1.54, 1.807) is 13.0 Å². The molecule has 0 atom stereocenters. The maximum atomic E-state index is 12.3. The Labute approximate surface area is 112 Å². The first-order valence-electron chi connectivity index (χ1n) is 5.85. The highest BCUT2D eigenvalue weighted by molar-refractivity contribution is 5.96. The Hall–Kier alpha value is -2.60. The van der Waals surface area contributed by atoms with Gasteiger partial charge in [-0.15, -0.1) is 0 Å². The van der Waals surface area contributed by atoms with E-state index in [0.29, 0.717) is 30.0 Å². The van der Waals surface area contributed by atoms with Crippen LogP contribution < -0.4 is 5.73 Å². The summed E-state index contributed by atoms with van der Waals surface area (Å²) in [5.41, 5.74) is 7.03. The van der Waals surface area contributed by atoms with E-state index < -0.39 is 0 Å². The zero-order chi connectivity index (χ0) is 14.3. The Kier molecular flexibility index (Phi) is 5.31. The van der Waals surface area contributed by atoms with Gasteiger partial charge in [-0.2, -0.15) is 10.5 Å². The number of amides is 1. The van der Waals surface area contributed by atoms with Gasteiger partial charge in [-0.1, -0.05) is 0 Å². The number of nitriles is 2. The molecular weight excluding hydrogens is 242 g/mol. The van der Waals surface area contributed by atoms with Crippen LogP contribution in [0.25, 0.3) is 0 Å². The van der Waals surface area contributed by atoms with Gasteiger partial charge in [0, 0.05) is 13.1 Å². The molecule has 98 valence electrons. The summed E-state index contributed by atoms with van der Waals surface area (Å²) in [7, 11) is 0. The average molecular weight is 257 g/mol. The van der Waals surface area contributed by atoms with Gasteiger partial charge in [-0.25, -0.2) is 0 Å². The normalized spacial score (nSPS) is 9.42. The lowest BCUT2D eigenvalue weighted by Crippen LogP contribution is -2.33. The number of aromatic nitrogens is 1. The Bertz CT molecular complexity index is 523. The molecule has 2 N–H and O–H groups in total. The Morgan fingerprint density at radius 1 is 1.37 bits per heavy atom. The number of aryl methyl sites for hydroxylation is 1. The average Bonchev–Trinajstić information content (AvgIpc) is 2.41. The molecule has 1 heterocycles. The van der Waals surface area contributed by atoms with E-state index in [-0.39, 0.29) is 18.7 Å². The van der Waals surface area contributed by atoms with Crippen LogP contribution in [0.5, 0.6) is 0 Å². The zero-order valence-electron chi connectivity index (χ0n) is 10.8. The van der Waals surface area contributed by atoms with Crippen LogP contribution in [0.2, 0.25) is 0 Å². The van der Waals surface area contributed by atoms with E-state index in [2.05, 4.69) is 4.98 Å². The van der Waals surface area contributed by atoms with Crippen LogP contribution in [0.15, 0.2) is 12.3 Å². The smallest absolute Gasteiger partial charge is 0.255 e. The standard InChI is InChI=1S/C13H15N5O/c1-10-12(8-11(16)9-17-10)13(19)18(6-2-4-14)7-3-5-15/h8-9H,2-3,6-7,16H2,1H3. The number of hydrogen-bond acceptors (Lipinski definition) is 5. The molecule has 0 saturated carbocycles. The van der Waals surface area contributed by atoms with Crippen molar-refractivity contribution in [3.05, 3.63) is 23.5 Å². The minimum atomic E-state index is -0.247. The molecule has 0 aliphatic rings. The van der Waals surface area contributed by atoms with Gasteiger partial charge in [0.25, 0.3) is 5.91 Å². The van der Waals surface area contributed by atoms with Crippen molar-refractivity contribution in [2.75, 3.05) is 18.8 Å². The first-order valence-corrected chi connectivity index (χ1v) is 5.85. The van der Waals surface area contributed by atoms with Gasteiger partial charge in [-0.3, -0.25) is 9.78 Å². The fraction of sp³-hybridized carbons (Fsp3) is 0.385. The summed E-state index contributed by atoms with van der Waals surface area (Å²) in [5, 5.41) is 17.2. The minimum Gasteiger partial charge on any atom is -0.397 e. The molecule has 6 heteroatoms. The SMILES string of the molecule is Cc1ncc(N)cc1C(=O)N(CCC#N)CCC#N. The van der Waals surface area contributed by atoms with Gasteiger partial charge >= 0.3 is 0 Å². The van der Waals surface area contributed by atoms with Gasteiger partial charge in [0.2, 0.25) is 0 Å². The van der Waals surface area contributed by atoms with Gasteiger partial charge in [0.1, 0.15) is 0 Å². The predicted molar refractivity (Wildman–Crippen MR) is 69.7 cm³/mol. The maximum Gasteiger partial charge on any atom is 0.255 e. The van der Waals surface area contributed by atoms with Crippen molar-refractivity contribution in [2.24, 2.45) is 0 Å². The summed E-state index contributed by atoms with van der Waals surface area (Å²) in [4.78, 5) is 17.9. The number of hydrogen-bond donors (Lipinski definition) is 1. The molecule has 1 rings (SSSR count). The first kappa shape index (κ1) is 14.5. The van der Waals surface area contributed by atoms with Crippen molar-refractivity contribution in [3.63, 3.8) is 0 Å². The second kappa shape index (κ2) is 6.97. The van der Waals surface area contributed by atoms with Crippen molar-refractivity contribution >= 4 is 11.6 Å². The predicted octanol–water partition coefficient (Wildman–Crippen LogP) is 1.24. The van der Waals surface area contributed by atoms with E-state index in [4.69, 9.17) is 16.3 Å². The Morgan fingerprint density at radius 3 is 2.47 bits per heavy atom. The van der Waals surface area contributed by atoms with Crippen LogP contribution in [0, 0.1) is 29.6 Å². The van der Waals surface area contributed by atoms with E-state index in [0.717, 1.165) is 0 Å². The van der Waals surface area contributed by atoms with Crippen molar-refractivity contribution in [1.29, 1.82) is 10.5 Å². The highest BCUT2D eigenvalue weighted by Crippen LogP contribution is 2.13.